The highest BCUT2D eigenvalue weighted by atomic mass is 35.5. The summed E-state index contributed by atoms with van der Waals surface area (Å²) in [6.45, 7) is 3.48. The van der Waals surface area contributed by atoms with Crippen LogP contribution < -0.4 is 4.74 Å². The predicted molar refractivity (Wildman–Crippen MR) is 111 cm³/mol. The fraction of sp³-hybridized carbons (Fsp3) is 0.158. The van der Waals surface area contributed by atoms with Crippen molar-refractivity contribution in [2.75, 3.05) is 13.7 Å². The Morgan fingerprint density at radius 2 is 1.93 bits per heavy atom. The first kappa shape index (κ1) is 21.3. The smallest absolute Gasteiger partial charge is 0.245 e. The van der Waals surface area contributed by atoms with E-state index in [2.05, 4.69) is 16.7 Å². The molecule has 1 aromatic heterocycles. The summed E-state index contributed by atoms with van der Waals surface area (Å²) >= 11 is 12.0. The second kappa shape index (κ2) is 8.96. The molecule has 1 heterocycles. The van der Waals surface area contributed by atoms with Crippen LogP contribution in [0.1, 0.15) is 5.89 Å². The third kappa shape index (κ3) is 4.79. The normalized spacial score (nSPS) is 11.6. The quantitative estimate of drug-likeness (QED) is 0.468. The van der Waals surface area contributed by atoms with Crippen LogP contribution >= 0.6 is 23.2 Å². The zero-order valence-electron chi connectivity index (χ0n) is 15.4. The molecule has 0 unspecified atom stereocenters. The molecule has 0 aliphatic heterocycles. The molecule has 0 N–H and O–H groups in total. The monoisotopic (exact) mass is 453 g/mol. The van der Waals surface area contributed by atoms with Crippen LogP contribution in [0.2, 0.25) is 10.0 Å². The molecule has 3 rings (SSSR count). The predicted octanol–water partition coefficient (Wildman–Crippen LogP) is 4.43. The van der Waals surface area contributed by atoms with Crippen molar-refractivity contribution >= 4 is 33.2 Å². The Bertz CT molecular complexity index is 1110. The van der Waals surface area contributed by atoms with Crippen molar-refractivity contribution in [1.82, 2.24) is 14.4 Å². The Balaban J connectivity index is 1.88. The van der Waals surface area contributed by atoms with Gasteiger partial charge >= 0.3 is 0 Å². The number of sulfonamides is 1. The molecule has 3 aromatic rings. The van der Waals surface area contributed by atoms with Gasteiger partial charge < -0.3 is 9.26 Å². The molecule has 7 nitrogen and oxygen atoms in total. The third-order valence-electron chi connectivity index (χ3n) is 3.97. The van der Waals surface area contributed by atoms with E-state index >= 15 is 0 Å². The summed E-state index contributed by atoms with van der Waals surface area (Å²) in [5, 5.41) is 4.24. The molecular weight excluding hydrogens is 437 g/mol. The summed E-state index contributed by atoms with van der Waals surface area (Å²) in [7, 11) is -2.41. The van der Waals surface area contributed by atoms with Gasteiger partial charge in [-0.25, -0.2) is 8.42 Å². The Labute approximate surface area is 178 Å². The maximum Gasteiger partial charge on any atom is 0.245 e. The molecule has 0 fully saturated rings. The zero-order chi connectivity index (χ0) is 21.0. The van der Waals surface area contributed by atoms with Crippen LogP contribution in [0.25, 0.3) is 11.4 Å². The highest BCUT2D eigenvalue weighted by molar-refractivity contribution is 7.89. The molecule has 0 amide bonds. The fourth-order valence-electron chi connectivity index (χ4n) is 2.53. The van der Waals surface area contributed by atoms with Crippen LogP contribution in [0.3, 0.4) is 0 Å². The van der Waals surface area contributed by atoms with Gasteiger partial charge in [-0.15, -0.1) is 6.58 Å². The Hall–Kier alpha value is -2.39. The van der Waals surface area contributed by atoms with Crippen LogP contribution in [-0.2, 0) is 16.6 Å². The standard InChI is InChI=1S/C19H17Cl2N3O4S/c1-3-10-24(29(25,26)17-11-14(20)6-9-16(17)21)12-18-22-19(23-28-18)13-4-7-15(27-2)8-5-13/h3-9,11H,1,10,12H2,2H3. The molecule has 0 saturated heterocycles. The summed E-state index contributed by atoms with van der Waals surface area (Å²) in [5.74, 6) is 1.15. The summed E-state index contributed by atoms with van der Waals surface area (Å²) in [6, 6.07) is 11.3. The number of benzene rings is 2. The molecule has 152 valence electrons. The van der Waals surface area contributed by atoms with E-state index in [4.69, 9.17) is 32.5 Å². The molecule has 0 spiro atoms. The van der Waals surface area contributed by atoms with Gasteiger partial charge in [-0.2, -0.15) is 9.29 Å². The lowest BCUT2D eigenvalue weighted by atomic mass is 10.2. The number of rotatable bonds is 8. The molecule has 0 saturated carbocycles. The minimum atomic E-state index is -3.98. The van der Waals surface area contributed by atoms with E-state index in [1.807, 2.05) is 0 Å². The lowest BCUT2D eigenvalue weighted by molar-refractivity contribution is 0.327. The summed E-state index contributed by atoms with van der Waals surface area (Å²) in [6.07, 6.45) is 1.46. The van der Waals surface area contributed by atoms with Gasteiger partial charge in [-0.05, 0) is 42.5 Å². The summed E-state index contributed by atoms with van der Waals surface area (Å²) in [4.78, 5) is 4.18. The van der Waals surface area contributed by atoms with E-state index in [1.165, 1.54) is 24.3 Å². The molecule has 0 aliphatic rings. The molecule has 0 radical (unpaired) electrons. The Morgan fingerprint density at radius 3 is 2.59 bits per heavy atom. The van der Waals surface area contributed by atoms with E-state index in [0.717, 1.165) is 4.31 Å². The van der Waals surface area contributed by atoms with Crippen LogP contribution in [0.15, 0.2) is 64.5 Å². The van der Waals surface area contributed by atoms with Crippen LogP contribution in [-0.4, -0.2) is 36.5 Å². The van der Waals surface area contributed by atoms with Crippen molar-refractivity contribution in [1.29, 1.82) is 0 Å². The SMILES string of the molecule is C=CCN(Cc1nc(-c2ccc(OC)cc2)no1)S(=O)(=O)c1cc(Cl)ccc1Cl. The number of methoxy groups -OCH3 is 1. The van der Waals surface area contributed by atoms with Crippen molar-refractivity contribution < 1.29 is 17.7 Å². The maximum atomic E-state index is 13.1. The van der Waals surface area contributed by atoms with Gasteiger partial charge in [-0.3, -0.25) is 0 Å². The van der Waals surface area contributed by atoms with Gasteiger partial charge in [-0.1, -0.05) is 34.4 Å². The largest absolute Gasteiger partial charge is 0.497 e. The van der Waals surface area contributed by atoms with Crippen LogP contribution in [0, 0.1) is 0 Å². The van der Waals surface area contributed by atoms with E-state index < -0.39 is 10.0 Å². The number of nitrogens with zero attached hydrogens (tertiary/aromatic N) is 3. The fourth-order valence-corrected chi connectivity index (χ4v) is 4.63. The number of aromatic nitrogens is 2. The lowest BCUT2D eigenvalue weighted by Gasteiger charge is -2.19. The zero-order valence-corrected chi connectivity index (χ0v) is 17.7. The number of ether oxygens (including phenoxy) is 1. The van der Waals surface area contributed by atoms with Crippen LogP contribution in [0.4, 0.5) is 0 Å². The molecule has 10 heteroatoms. The molecular formula is C19H17Cl2N3O4S. The van der Waals surface area contributed by atoms with Crippen LogP contribution in [0.5, 0.6) is 5.75 Å². The Morgan fingerprint density at radius 1 is 1.21 bits per heavy atom. The lowest BCUT2D eigenvalue weighted by Crippen LogP contribution is -2.31. The Kier molecular flexibility index (Phi) is 6.59. The van der Waals surface area contributed by atoms with Gasteiger partial charge in [0, 0.05) is 17.1 Å². The second-order valence-corrected chi connectivity index (χ2v) is 8.65. The average molecular weight is 454 g/mol. The number of hydrogen-bond donors (Lipinski definition) is 0. The molecule has 0 aliphatic carbocycles. The van der Waals surface area contributed by atoms with E-state index in [0.29, 0.717) is 17.1 Å². The molecule has 0 bridgehead atoms. The minimum Gasteiger partial charge on any atom is -0.497 e. The molecule has 29 heavy (non-hydrogen) atoms. The van der Waals surface area contributed by atoms with E-state index in [1.54, 1.807) is 31.4 Å². The van der Waals surface area contributed by atoms with Crippen molar-refractivity contribution in [3.05, 3.63) is 71.1 Å². The molecule has 0 atom stereocenters. The first-order valence-electron chi connectivity index (χ1n) is 8.38. The minimum absolute atomic E-state index is 0.0193. The summed E-state index contributed by atoms with van der Waals surface area (Å²) < 4.78 is 37.7. The molecule has 2 aromatic carbocycles. The first-order valence-corrected chi connectivity index (χ1v) is 10.6. The summed E-state index contributed by atoms with van der Waals surface area (Å²) in [5.41, 5.74) is 0.705. The van der Waals surface area contributed by atoms with Gasteiger partial charge in [0.05, 0.1) is 18.7 Å². The highest BCUT2D eigenvalue weighted by Crippen LogP contribution is 2.29. The highest BCUT2D eigenvalue weighted by Gasteiger charge is 2.28. The average Bonchev–Trinajstić information content (AvgIpc) is 3.18. The maximum absolute atomic E-state index is 13.1. The van der Waals surface area contributed by atoms with Gasteiger partial charge in [0.15, 0.2) is 0 Å². The van der Waals surface area contributed by atoms with Crippen molar-refractivity contribution in [2.45, 2.75) is 11.4 Å². The third-order valence-corrected chi connectivity index (χ3v) is 6.50. The van der Waals surface area contributed by atoms with Crippen molar-refractivity contribution in [3.63, 3.8) is 0 Å². The van der Waals surface area contributed by atoms with Crippen molar-refractivity contribution in [2.24, 2.45) is 0 Å². The number of hydrogen-bond acceptors (Lipinski definition) is 6. The second-order valence-electron chi connectivity index (χ2n) is 5.90. The number of halogens is 2. The van der Waals surface area contributed by atoms with Gasteiger partial charge in [0.1, 0.15) is 10.6 Å². The van der Waals surface area contributed by atoms with E-state index in [-0.39, 0.29) is 33.9 Å². The van der Waals surface area contributed by atoms with Crippen molar-refractivity contribution in [3.8, 4) is 17.1 Å². The van der Waals surface area contributed by atoms with E-state index in [9.17, 15) is 8.42 Å². The first-order chi connectivity index (χ1) is 13.8. The van der Waals surface area contributed by atoms with Gasteiger partial charge in [0.25, 0.3) is 0 Å². The van der Waals surface area contributed by atoms with Gasteiger partial charge in [0.2, 0.25) is 21.7 Å². The topological polar surface area (TPSA) is 85.5 Å².